The van der Waals surface area contributed by atoms with Crippen LogP contribution in [0.25, 0.3) is 0 Å². The first-order chi connectivity index (χ1) is 11.2. The summed E-state index contributed by atoms with van der Waals surface area (Å²) in [4.78, 5) is 23.7. The monoisotopic (exact) mass is 357 g/mol. The second-order valence-electron chi connectivity index (χ2n) is 5.93. The molecule has 0 aliphatic heterocycles. The van der Waals surface area contributed by atoms with E-state index in [0.717, 1.165) is 0 Å². The van der Waals surface area contributed by atoms with Gasteiger partial charge in [-0.25, -0.2) is 4.79 Å². The van der Waals surface area contributed by atoms with Gasteiger partial charge in [0.25, 0.3) is 5.91 Å². The van der Waals surface area contributed by atoms with Gasteiger partial charge in [-0.1, -0.05) is 25.4 Å². The van der Waals surface area contributed by atoms with Crippen LogP contribution in [0.1, 0.15) is 38.1 Å². The summed E-state index contributed by atoms with van der Waals surface area (Å²) in [5.74, 6) is -0.00473. The van der Waals surface area contributed by atoms with Crippen LogP contribution in [0.4, 0.5) is 0 Å². The van der Waals surface area contributed by atoms with Crippen LogP contribution in [0.3, 0.4) is 0 Å². The average molecular weight is 358 g/mol. The molecule has 0 saturated carbocycles. The van der Waals surface area contributed by atoms with E-state index in [1.54, 1.807) is 0 Å². The molecule has 1 rings (SSSR count). The van der Waals surface area contributed by atoms with E-state index in [1.807, 2.05) is 27.7 Å². The van der Waals surface area contributed by atoms with Gasteiger partial charge >= 0.3 is 5.97 Å². The molecule has 1 amide bonds. The molecule has 6 nitrogen and oxygen atoms in total. The van der Waals surface area contributed by atoms with E-state index in [-0.39, 0.29) is 29.2 Å². The number of benzene rings is 1. The molecule has 0 aromatic heterocycles. The number of hydrogen-bond donors (Lipinski definition) is 1. The lowest BCUT2D eigenvalue weighted by atomic mass is 10.2. The van der Waals surface area contributed by atoms with Gasteiger partial charge < -0.3 is 19.5 Å². The van der Waals surface area contributed by atoms with Gasteiger partial charge in [0.2, 0.25) is 0 Å². The van der Waals surface area contributed by atoms with Gasteiger partial charge in [0.05, 0.1) is 23.8 Å². The third kappa shape index (κ3) is 6.28. The predicted molar refractivity (Wildman–Crippen MR) is 91.9 cm³/mol. The number of halogens is 1. The van der Waals surface area contributed by atoms with Crippen LogP contribution >= 0.6 is 11.6 Å². The summed E-state index contributed by atoms with van der Waals surface area (Å²) in [5, 5.41) is 2.90. The largest absolute Gasteiger partial charge is 0.493 e. The zero-order valence-electron chi connectivity index (χ0n) is 14.6. The van der Waals surface area contributed by atoms with Crippen molar-refractivity contribution in [1.29, 1.82) is 0 Å². The molecule has 0 aliphatic carbocycles. The van der Waals surface area contributed by atoms with Gasteiger partial charge in [-0.05, 0) is 31.9 Å². The summed E-state index contributed by atoms with van der Waals surface area (Å²) in [6, 6.07) is 2.90. The van der Waals surface area contributed by atoms with E-state index in [9.17, 15) is 9.59 Å². The van der Waals surface area contributed by atoms with Crippen molar-refractivity contribution in [3.05, 3.63) is 22.7 Å². The Morgan fingerprint density at radius 2 is 1.88 bits per heavy atom. The SMILES string of the molecule is COc1cc(C(=O)OCC(=O)NCC(C)C)cc(Cl)c1OC(C)C. The Morgan fingerprint density at radius 1 is 1.21 bits per heavy atom. The molecule has 0 aliphatic rings. The number of methoxy groups -OCH3 is 1. The second kappa shape index (κ2) is 9.37. The molecule has 1 N–H and O–H groups in total. The Hall–Kier alpha value is -1.95. The van der Waals surface area contributed by atoms with Gasteiger partial charge in [0.1, 0.15) is 0 Å². The zero-order chi connectivity index (χ0) is 18.3. The standard InChI is InChI=1S/C17H24ClNO5/c1-10(2)8-19-15(20)9-23-17(21)12-6-13(18)16(24-11(3)4)14(7-12)22-5/h6-7,10-11H,8-9H2,1-5H3,(H,19,20). The van der Waals surface area contributed by atoms with Crippen molar-refractivity contribution in [2.75, 3.05) is 20.3 Å². The van der Waals surface area contributed by atoms with Crippen molar-refractivity contribution in [3.8, 4) is 11.5 Å². The van der Waals surface area contributed by atoms with Crippen molar-refractivity contribution in [3.63, 3.8) is 0 Å². The second-order valence-corrected chi connectivity index (χ2v) is 6.34. The van der Waals surface area contributed by atoms with Crippen molar-refractivity contribution in [2.24, 2.45) is 5.92 Å². The topological polar surface area (TPSA) is 73.9 Å². The minimum atomic E-state index is -0.661. The Bertz CT molecular complexity index is 587. The Labute approximate surface area is 147 Å². The fourth-order valence-electron chi connectivity index (χ4n) is 1.77. The Balaban J connectivity index is 2.77. The van der Waals surface area contributed by atoms with Crippen LogP contribution in [0.2, 0.25) is 5.02 Å². The molecule has 0 unspecified atom stereocenters. The molecular weight excluding hydrogens is 334 g/mol. The maximum absolute atomic E-state index is 12.1. The molecule has 0 saturated heterocycles. The number of ether oxygens (including phenoxy) is 3. The number of hydrogen-bond acceptors (Lipinski definition) is 5. The fourth-order valence-corrected chi connectivity index (χ4v) is 2.03. The lowest BCUT2D eigenvalue weighted by molar-refractivity contribution is -0.124. The van der Waals surface area contributed by atoms with Crippen molar-refractivity contribution < 1.29 is 23.8 Å². The minimum Gasteiger partial charge on any atom is -0.493 e. The van der Waals surface area contributed by atoms with E-state index in [0.29, 0.717) is 24.0 Å². The van der Waals surface area contributed by atoms with Crippen molar-refractivity contribution in [2.45, 2.75) is 33.8 Å². The molecule has 24 heavy (non-hydrogen) atoms. The Kier molecular flexibility index (Phi) is 7.85. The highest BCUT2D eigenvalue weighted by atomic mass is 35.5. The number of rotatable bonds is 8. The normalized spacial score (nSPS) is 10.7. The number of esters is 1. The lowest BCUT2D eigenvalue weighted by Gasteiger charge is -2.16. The molecule has 0 radical (unpaired) electrons. The highest BCUT2D eigenvalue weighted by Crippen LogP contribution is 2.37. The molecule has 134 valence electrons. The summed E-state index contributed by atoms with van der Waals surface area (Å²) in [7, 11) is 1.45. The third-order valence-corrected chi connectivity index (χ3v) is 3.14. The zero-order valence-corrected chi connectivity index (χ0v) is 15.4. The van der Waals surface area contributed by atoms with Crippen LogP contribution < -0.4 is 14.8 Å². The molecule has 0 bridgehead atoms. The highest BCUT2D eigenvalue weighted by Gasteiger charge is 2.18. The smallest absolute Gasteiger partial charge is 0.338 e. The molecule has 0 heterocycles. The first kappa shape index (κ1) is 20.1. The molecular formula is C17H24ClNO5. The number of carbonyl (C=O) groups is 2. The van der Waals surface area contributed by atoms with E-state index >= 15 is 0 Å². The maximum atomic E-state index is 12.1. The maximum Gasteiger partial charge on any atom is 0.338 e. The first-order valence-electron chi connectivity index (χ1n) is 7.72. The molecule has 1 aromatic rings. The molecule has 0 atom stereocenters. The quantitative estimate of drug-likeness (QED) is 0.724. The number of nitrogens with one attached hydrogen (secondary N) is 1. The third-order valence-electron chi connectivity index (χ3n) is 2.86. The Morgan fingerprint density at radius 3 is 2.42 bits per heavy atom. The molecule has 0 fully saturated rings. The molecule has 0 spiro atoms. The van der Waals surface area contributed by atoms with Crippen LogP contribution in [-0.2, 0) is 9.53 Å². The first-order valence-corrected chi connectivity index (χ1v) is 8.10. The van der Waals surface area contributed by atoms with E-state index < -0.39 is 5.97 Å². The number of carbonyl (C=O) groups excluding carboxylic acids is 2. The average Bonchev–Trinajstić information content (AvgIpc) is 2.51. The van der Waals surface area contributed by atoms with Crippen LogP contribution in [0, 0.1) is 5.92 Å². The number of amides is 1. The predicted octanol–water partition coefficient (Wildman–Crippen LogP) is 3.06. The van der Waals surface area contributed by atoms with E-state index in [4.69, 9.17) is 25.8 Å². The summed E-state index contributed by atoms with van der Waals surface area (Å²) in [5.41, 5.74) is 0.185. The van der Waals surface area contributed by atoms with Crippen molar-refractivity contribution in [1.82, 2.24) is 5.32 Å². The summed E-state index contributed by atoms with van der Waals surface area (Å²) < 4.78 is 15.8. The minimum absolute atomic E-state index is 0.0983. The van der Waals surface area contributed by atoms with Crippen LogP contribution in [0.5, 0.6) is 11.5 Å². The van der Waals surface area contributed by atoms with Crippen LogP contribution in [-0.4, -0.2) is 38.2 Å². The van der Waals surface area contributed by atoms with Crippen molar-refractivity contribution >= 4 is 23.5 Å². The summed E-state index contributed by atoms with van der Waals surface area (Å²) in [6.07, 6.45) is -0.0983. The van der Waals surface area contributed by atoms with E-state index in [1.165, 1.54) is 19.2 Å². The summed E-state index contributed by atoms with van der Waals surface area (Å²) >= 11 is 6.16. The van der Waals surface area contributed by atoms with Crippen LogP contribution in [0.15, 0.2) is 12.1 Å². The van der Waals surface area contributed by atoms with Gasteiger partial charge in [0, 0.05) is 6.54 Å². The van der Waals surface area contributed by atoms with Gasteiger partial charge in [0.15, 0.2) is 18.1 Å². The van der Waals surface area contributed by atoms with E-state index in [2.05, 4.69) is 5.32 Å². The molecule has 1 aromatic carbocycles. The highest BCUT2D eigenvalue weighted by molar-refractivity contribution is 6.32. The summed E-state index contributed by atoms with van der Waals surface area (Å²) in [6.45, 7) is 7.83. The van der Waals surface area contributed by atoms with Gasteiger partial charge in [-0.15, -0.1) is 0 Å². The fraction of sp³-hybridized carbons (Fsp3) is 0.529. The van der Waals surface area contributed by atoms with Gasteiger partial charge in [-0.2, -0.15) is 0 Å². The van der Waals surface area contributed by atoms with Gasteiger partial charge in [-0.3, -0.25) is 4.79 Å². The lowest BCUT2D eigenvalue weighted by Crippen LogP contribution is -2.31. The molecule has 7 heteroatoms.